The van der Waals surface area contributed by atoms with Crippen molar-refractivity contribution in [2.75, 3.05) is 0 Å². The van der Waals surface area contributed by atoms with Gasteiger partial charge in [0.2, 0.25) is 0 Å². The second-order valence-corrected chi connectivity index (χ2v) is 4.99. The molecule has 2 aromatic rings. The number of benzene rings is 2. The first-order valence-corrected chi connectivity index (χ1v) is 6.68. The molecule has 1 unspecified atom stereocenters. The highest BCUT2D eigenvalue weighted by Gasteiger charge is 2.31. The molecule has 0 amide bonds. The molecule has 2 nitrogen and oxygen atoms in total. The summed E-state index contributed by atoms with van der Waals surface area (Å²) in [6.07, 6.45) is 2.06. The molecule has 0 N–H and O–H groups in total. The summed E-state index contributed by atoms with van der Waals surface area (Å²) in [4.78, 5) is 0. The summed E-state index contributed by atoms with van der Waals surface area (Å²) in [7, 11) is 0. The molecular weight excluding hydrogens is 279 g/mol. The van der Waals surface area contributed by atoms with Crippen LogP contribution in [0.4, 0.5) is 0 Å². The van der Waals surface area contributed by atoms with Gasteiger partial charge < -0.3 is 0 Å². The lowest BCUT2D eigenvalue weighted by molar-refractivity contribution is 0.243. The van der Waals surface area contributed by atoms with Crippen molar-refractivity contribution >= 4 is 29.3 Å². The number of rotatable bonds is 2. The Morgan fingerprint density at radius 2 is 1.37 bits per heavy atom. The highest BCUT2D eigenvalue weighted by atomic mass is 35.5. The van der Waals surface area contributed by atoms with E-state index in [1.54, 1.807) is 0 Å². The highest BCUT2D eigenvalue weighted by Crippen LogP contribution is 2.40. The Morgan fingerprint density at radius 1 is 0.789 bits per heavy atom. The van der Waals surface area contributed by atoms with Crippen molar-refractivity contribution in [3.8, 4) is 0 Å². The van der Waals surface area contributed by atoms with Gasteiger partial charge in [0.25, 0.3) is 0 Å². The maximum absolute atomic E-state index is 6.28. The molecule has 1 atom stereocenters. The Kier molecular flexibility index (Phi) is 3.47. The predicted octanol–water partition coefficient (Wildman–Crippen LogP) is 4.61. The largest absolute Gasteiger partial charge is 0.199 e. The molecule has 1 aliphatic rings. The Hall–Kier alpha value is -1.48. The maximum atomic E-state index is 6.28. The van der Waals surface area contributed by atoms with Gasteiger partial charge in [-0.05, 0) is 11.6 Å². The minimum Gasteiger partial charge on any atom is -0.199 e. The summed E-state index contributed by atoms with van der Waals surface area (Å²) >= 11 is 12.5. The van der Waals surface area contributed by atoms with Gasteiger partial charge in [0, 0.05) is 29.1 Å². The first-order chi connectivity index (χ1) is 9.27. The molecule has 0 saturated carbocycles. The van der Waals surface area contributed by atoms with E-state index in [9.17, 15) is 0 Å². The molecule has 0 aliphatic carbocycles. The van der Waals surface area contributed by atoms with Crippen LogP contribution >= 0.6 is 23.6 Å². The molecule has 1 heterocycles. The zero-order chi connectivity index (χ0) is 13.2. The molecule has 0 saturated heterocycles. The average Bonchev–Trinajstić information content (AvgIpc) is 2.77. The van der Waals surface area contributed by atoms with Gasteiger partial charge in [-0.1, -0.05) is 60.7 Å². The number of hydrogen-bond acceptors (Lipinski definition) is 2. The lowest BCUT2D eigenvalue weighted by Crippen LogP contribution is -2.22. The second kappa shape index (κ2) is 5.25. The molecular formula is C15H12Cl2N2. The van der Waals surface area contributed by atoms with Gasteiger partial charge in [-0.2, -0.15) is 4.53 Å². The van der Waals surface area contributed by atoms with Crippen LogP contribution in [-0.4, -0.2) is 9.06 Å². The Balaban J connectivity index is 1.99. The molecule has 3 rings (SSSR count). The first-order valence-electron chi connectivity index (χ1n) is 6.00. The fourth-order valence-electron chi connectivity index (χ4n) is 2.17. The van der Waals surface area contributed by atoms with E-state index in [-0.39, 0.29) is 6.04 Å². The van der Waals surface area contributed by atoms with Gasteiger partial charge in [0.1, 0.15) is 0 Å². The minimum atomic E-state index is -0.0597. The van der Waals surface area contributed by atoms with Crippen LogP contribution in [0.25, 0.3) is 5.70 Å². The van der Waals surface area contributed by atoms with Crippen LogP contribution in [0.2, 0.25) is 0 Å². The van der Waals surface area contributed by atoms with Crippen molar-refractivity contribution in [1.82, 2.24) is 9.06 Å². The minimum absolute atomic E-state index is 0.0597. The molecule has 0 spiro atoms. The topological polar surface area (TPSA) is 6.48 Å². The molecule has 0 bridgehead atoms. The van der Waals surface area contributed by atoms with Crippen molar-refractivity contribution in [1.29, 1.82) is 0 Å². The number of hydrogen-bond donors (Lipinski definition) is 0. The summed E-state index contributed by atoms with van der Waals surface area (Å²) in [6, 6.07) is 19.9. The van der Waals surface area contributed by atoms with E-state index < -0.39 is 0 Å². The standard InChI is InChI=1S/C15H12Cl2N2/c16-18-14(12-7-3-1-4-8-12)11-15(19(18)17)13-9-5-2-6-10-13/h1-11,14H. The fourth-order valence-corrected chi connectivity index (χ4v) is 2.66. The van der Waals surface area contributed by atoms with Gasteiger partial charge in [-0.15, -0.1) is 4.53 Å². The van der Waals surface area contributed by atoms with Crippen LogP contribution in [0.1, 0.15) is 17.2 Å². The quantitative estimate of drug-likeness (QED) is 0.746. The SMILES string of the molecule is ClN1C(c2ccccc2)=CC(c2ccccc2)N1Cl. The summed E-state index contributed by atoms with van der Waals surface area (Å²) in [6.45, 7) is 0. The van der Waals surface area contributed by atoms with E-state index in [0.717, 1.165) is 16.8 Å². The van der Waals surface area contributed by atoms with Crippen LogP contribution in [0, 0.1) is 0 Å². The first kappa shape index (κ1) is 12.5. The third-order valence-electron chi connectivity index (χ3n) is 3.12. The van der Waals surface area contributed by atoms with E-state index >= 15 is 0 Å². The molecule has 96 valence electrons. The Labute approximate surface area is 122 Å². The second-order valence-electron chi connectivity index (χ2n) is 4.32. The summed E-state index contributed by atoms with van der Waals surface area (Å²) in [5.74, 6) is 0. The average molecular weight is 291 g/mol. The maximum Gasteiger partial charge on any atom is 0.0928 e. The Morgan fingerprint density at radius 3 is 2.00 bits per heavy atom. The van der Waals surface area contributed by atoms with E-state index in [0.29, 0.717) is 0 Å². The van der Waals surface area contributed by atoms with Gasteiger partial charge in [0.05, 0.1) is 11.7 Å². The van der Waals surface area contributed by atoms with E-state index in [1.807, 2.05) is 60.7 Å². The van der Waals surface area contributed by atoms with Crippen molar-refractivity contribution in [2.45, 2.75) is 6.04 Å². The normalized spacial score (nSPS) is 19.6. The van der Waals surface area contributed by atoms with Crippen LogP contribution in [0.15, 0.2) is 66.7 Å². The fraction of sp³-hybridized carbons (Fsp3) is 0.0667. The van der Waals surface area contributed by atoms with Crippen molar-refractivity contribution < 1.29 is 0 Å². The van der Waals surface area contributed by atoms with E-state index in [4.69, 9.17) is 23.6 Å². The van der Waals surface area contributed by atoms with Crippen molar-refractivity contribution in [2.24, 2.45) is 0 Å². The third-order valence-corrected chi connectivity index (χ3v) is 3.91. The number of nitrogens with zero attached hydrogens (tertiary/aromatic N) is 2. The predicted molar refractivity (Wildman–Crippen MR) is 79.0 cm³/mol. The van der Waals surface area contributed by atoms with Crippen LogP contribution in [0.5, 0.6) is 0 Å². The zero-order valence-electron chi connectivity index (χ0n) is 10.1. The lowest BCUT2D eigenvalue weighted by Gasteiger charge is -2.23. The smallest absolute Gasteiger partial charge is 0.0928 e. The zero-order valence-corrected chi connectivity index (χ0v) is 11.6. The third kappa shape index (κ3) is 2.35. The van der Waals surface area contributed by atoms with Gasteiger partial charge in [0.15, 0.2) is 0 Å². The molecule has 19 heavy (non-hydrogen) atoms. The monoisotopic (exact) mass is 290 g/mol. The highest BCUT2D eigenvalue weighted by molar-refractivity contribution is 6.23. The number of halogens is 2. The molecule has 1 aliphatic heterocycles. The Bertz CT molecular complexity index is 584. The van der Waals surface area contributed by atoms with Crippen LogP contribution in [-0.2, 0) is 0 Å². The van der Waals surface area contributed by atoms with Gasteiger partial charge in [-0.3, -0.25) is 0 Å². The van der Waals surface area contributed by atoms with Gasteiger partial charge >= 0.3 is 0 Å². The van der Waals surface area contributed by atoms with E-state index in [1.165, 1.54) is 9.06 Å². The van der Waals surface area contributed by atoms with Crippen molar-refractivity contribution in [3.63, 3.8) is 0 Å². The molecule has 2 aromatic carbocycles. The van der Waals surface area contributed by atoms with Gasteiger partial charge in [-0.25, -0.2) is 0 Å². The van der Waals surface area contributed by atoms with Crippen LogP contribution in [0.3, 0.4) is 0 Å². The molecule has 0 fully saturated rings. The summed E-state index contributed by atoms with van der Waals surface area (Å²) in [5, 5.41) is 0. The molecule has 4 heteroatoms. The molecule has 0 radical (unpaired) electrons. The number of hydrazine groups is 1. The van der Waals surface area contributed by atoms with E-state index in [2.05, 4.69) is 6.08 Å². The summed E-state index contributed by atoms with van der Waals surface area (Å²) in [5.41, 5.74) is 3.04. The summed E-state index contributed by atoms with van der Waals surface area (Å²) < 4.78 is 2.95. The molecule has 0 aromatic heterocycles. The van der Waals surface area contributed by atoms with Crippen molar-refractivity contribution in [3.05, 3.63) is 77.9 Å². The lowest BCUT2D eigenvalue weighted by atomic mass is 10.1. The van der Waals surface area contributed by atoms with Crippen LogP contribution < -0.4 is 0 Å².